The van der Waals surface area contributed by atoms with Crippen molar-refractivity contribution in [1.82, 2.24) is 19.6 Å². The van der Waals surface area contributed by atoms with Crippen LogP contribution in [-0.4, -0.2) is 70.1 Å². The van der Waals surface area contributed by atoms with Crippen molar-refractivity contribution in [2.45, 2.75) is 13.8 Å². The molecule has 0 bridgehead atoms. The molecule has 0 radical (unpaired) electrons. The number of aromatic nitrogens is 2. The molecule has 1 fully saturated rings. The summed E-state index contributed by atoms with van der Waals surface area (Å²) in [5.74, 6) is -0.822. The quantitative estimate of drug-likeness (QED) is 0.413. The monoisotopic (exact) mass is 462 g/mol. The van der Waals surface area contributed by atoms with Crippen molar-refractivity contribution in [1.29, 1.82) is 0 Å². The van der Waals surface area contributed by atoms with Gasteiger partial charge in [0.2, 0.25) is 0 Å². The Morgan fingerprint density at radius 1 is 1.00 bits per heavy atom. The van der Waals surface area contributed by atoms with Gasteiger partial charge in [-0.25, -0.2) is 9.48 Å². The lowest BCUT2D eigenvalue weighted by atomic mass is 10.2. The lowest BCUT2D eigenvalue weighted by Crippen LogP contribution is -2.51. The standard InChI is InChI=1S/C25H26N4O5/c1-18-21(19(2)29(26-18)20-7-4-3-5-8-20)10-11-24(31)34-17-23(30)27-12-14-28(15-13-27)25(32)22-9-6-16-33-22/h3-11,16H,12-15,17H2,1-2H3. The maximum atomic E-state index is 12.4. The zero-order valence-corrected chi connectivity index (χ0v) is 19.1. The lowest BCUT2D eigenvalue weighted by molar-refractivity contribution is -0.148. The summed E-state index contributed by atoms with van der Waals surface area (Å²) in [7, 11) is 0. The fourth-order valence-electron chi connectivity index (χ4n) is 3.86. The van der Waals surface area contributed by atoms with Gasteiger partial charge in [0.05, 0.1) is 17.6 Å². The van der Waals surface area contributed by atoms with Gasteiger partial charge >= 0.3 is 5.97 Å². The van der Waals surface area contributed by atoms with E-state index in [1.54, 1.807) is 28.0 Å². The molecule has 2 amide bonds. The molecule has 3 heterocycles. The first-order valence-electron chi connectivity index (χ1n) is 11.0. The Morgan fingerprint density at radius 3 is 2.38 bits per heavy atom. The summed E-state index contributed by atoms with van der Waals surface area (Å²) in [6, 6.07) is 13.0. The number of nitrogens with zero attached hydrogens (tertiary/aromatic N) is 4. The number of benzene rings is 1. The molecule has 1 saturated heterocycles. The van der Waals surface area contributed by atoms with Gasteiger partial charge in [-0.05, 0) is 44.2 Å². The molecule has 9 heteroatoms. The molecule has 4 rings (SSSR count). The van der Waals surface area contributed by atoms with E-state index in [4.69, 9.17) is 9.15 Å². The van der Waals surface area contributed by atoms with Crippen LogP contribution in [0.15, 0.2) is 59.2 Å². The Kier molecular flexibility index (Phi) is 6.91. The number of furan rings is 1. The summed E-state index contributed by atoms with van der Waals surface area (Å²) in [6.45, 7) is 4.98. The fraction of sp³-hybridized carbons (Fsp3) is 0.280. The smallest absolute Gasteiger partial charge is 0.331 e. The number of piperazine rings is 1. The van der Waals surface area contributed by atoms with E-state index < -0.39 is 5.97 Å². The van der Waals surface area contributed by atoms with Gasteiger partial charge in [0.1, 0.15) is 0 Å². The van der Waals surface area contributed by atoms with E-state index in [1.807, 2.05) is 48.9 Å². The van der Waals surface area contributed by atoms with Gasteiger partial charge in [0.15, 0.2) is 12.4 Å². The minimum Gasteiger partial charge on any atom is -0.459 e. The maximum absolute atomic E-state index is 12.4. The molecule has 3 aromatic rings. The van der Waals surface area contributed by atoms with Crippen molar-refractivity contribution >= 4 is 23.9 Å². The average molecular weight is 463 g/mol. The van der Waals surface area contributed by atoms with Crippen molar-refractivity contribution < 1.29 is 23.5 Å². The van der Waals surface area contributed by atoms with Gasteiger partial charge in [-0.3, -0.25) is 9.59 Å². The normalized spacial score (nSPS) is 13.9. The fourth-order valence-corrected chi connectivity index (χ4v) is 3.86. The van der Waals surface area contributed by atoms with Crippen molar-refractivity contribution in [3.8, 4) is 5.69 Å². The number of rotatable bonds is 6. The summed E-state index contributed by atoms with van der Waals surface area (Å²) >= 11 is 0. The van der Waals surface area contributed by atoms with Gasteiger partial charge in [0.25, 0.3) is 11.8 Å². The van der Waals surface area contributed by atoms with E-state index in [9.17, 15) is 14.4 Å². The molecule has 2 aromatic heterocycles. The molecule has 0 spiro atoms. The molecule has 34 heavy (non-hydrogen) atoms. The van der Waals surface area contributed by atoms with Crippen molar-refractivity contribution in [3.63, 3.8) is 0 Å². The van der Waals surface area contributed by atoms with Crippen LogP contribution >= 0.6 is 0 Å². The predicted molar refractivity (Wildman–Crippen MR) is 124 cm³/mol. The van der Waals surface area contributed by atoms with Crippen LogP contribution < -0.4 is 0 Å². The van der Waals surface area contributed by atoms with Gasteiger partial charge in [-0.1, -0.05) is 18.2 Å². The van der Waals surface area contributed by atoms with Crippen LogP contribution in [0.3, 0.4) is 0 Å². The van der Waals surface area contributed by atoms with E-state index >= 15 is 0 Å². The summed E-state index contributed by atoms with van der Waals surface area (Å²) < 4.78 is 12.1. The second-order valence-electron chi connectivity index (χ2n) is 7.92. The Labute approximate surface area is 197 Å². The third kappa shape index (κ3) is 5.09. The predicted octanol–water partition coefficient (Wildman–Crippen LogP) is 2.62. The number of carbonyl (C=O) groups is 3. The first-order valence-corrected chi connectivity index (χ1v) is 11.0. The first-order chi connectivity index (χ1) is 16.4. The molecule has 9 nitrogen and oxygen atoms in total. The van der Waals surface area contributed by atoms with Crippen LogP contribution in [0.1, 0.15) is 27.5 Å². The minimum atomic E-state index is -0.605. The molecule has 176 valence electrons. The highest BCUT2D eigenvalue weighted by molar-refractivity contribution is 5.92. The Balaban J connectivity index is 1.27. The molecule has 1 aliphatic heterocycles. The highest BCUT2D eigenvalue weighted by Gasteiger charge is 2.26. The van der Waals surface area contributed by atoms with E-state index in [0.29, 0.717) is 26.2 Å². The van der Waals surface area contributed by atoms with Gasteiger partial charge in [-0.2, -0.15) is 5.10 Å². The van der Waals surface area contributed by atoms with E-state index in [0.717, 1.165) is 22.6 Å². The SMILES string of the molecule is Cc1nn(-c2ccccc2)c(C)c1C=CC(=O)OCC(=O)N1CCN(C(=O)c2ccco2)CC1. The van der Waals surface area contributed by atoms with Gasteiger partial charge < -0.3 is 19.0 Å². The molecule has 0 N–H and O–H groups in total. The number of amides is 2. The third-order valence-electron chi connectivity index (χ3n) is 5.72. The number of para-hydroxylation sites is 1. The summed E-state index contributed by atoms with van der Waals surface area (Å²) in [6.07, 6.45) is 4.41. The van der Waals surface area contributed by atoms with E-state index in [2.05, 4.69) is 5.10 Å². The minimum absolute atomic E-state index is 0.199. The first kappa shape index (κ1) is 23.0. The molecule has 0 unspecified atom stereocenters. The Bertz CT molecular complexity index is 1190. The molecule has 1 aromatic carbocycles. The molecule has 1 aliphatic rings. The number of esters is 1. The number of carbonyl (C=O) groups excluding carboxylic acids is 3. The van der Waals surface area contributed by atoms with Crippen LogP contribution in [0.4, 0.5) is 0 Å². The molecule has 0 atom stereocenters. The van der Waals surface area contributed by atoms with Crippen molar-refractivity contribution in [2.75, 3.05) is 32.8 Å². The maximum Gasteiger partial charge on any atom is 0.331 e. The molecule has 0 aliphatic carbocycles. The Morgan fingerprint density at radius 2 is 1.71 bits per heavy atom. The van der Waals surface area contributed by atoms with E-state index in [1.165, 1.54) is 12.3 Å². The summed E-state index contributed by atoms with van der Waals surface area (Å²) in [4.78, 5) is 40.2. The van der Waals surface area contributed by atoms with Crippen LogP contribution in [0, 0.1) is 13.8 Å². The van der Waals surface area contributed by atoms with Crippen LogP contribution in [0.5, 0.6) is 0 Å². The molecule has 0 saturated carbocycles. The Hall–Kier alpha value is -4.14. The molecular weight excluding hydrogens is 436 g/mol. The number of ether oxygens (including phenoxy) is 1. The number of hydrogen-bond acceptors (Lipinski definition) is 6. The average Bonchev–Trinajstić information content (AvgIpc) is 3.50. The zero-order chi connectivity index (χ0) is 24.1. The van der Waals surface area contributed by atoms with Crippen molar-refractivity contribution in [3.05, 3.63) is 77.5 Å². The number of hydrogen-bond donors (Lipinski definition) is 0. The summed E-state index contributed by atoms with van der Waals surface area (Å²) in [5, 5.41) is 4.55. The second-order valence-corrected chi connectivity index (χ2v) is 7.92. The van der Waals surface area contributed by atoms with Gasteiger partial charge in [-0.15, -0.1) is 0 Å². The van der Waals surface area contributed by atoms with E-state index in [-0.39, 0.29) is 24.2 Å². The zero-order valence-electron chi connectivity index (χ0n) is 19.1. The highest BCUT2D eigenvalue weighted by Crippen LogP contribution is 2.19. The third-order valence-corrected chi connectivity index (χ3v) is 5.72. The van der Waals surface area contributed by atoms with Crippen LogP contribution in [0.2, 0.25) is 0 Å². The lowest BCUT2D eigenvalue weighted by Gasteiger charge is -2.34. The van der Waals surface area contributed by atoms with Gasteiger partial charge in [0, 0.05) is 43.5 Å². The second kappa shape index (κ2) is 10.2. The topological polar surface area (TPSA) is 97.9 Å². The van der Waals surface area contributed by atoms with Crippen LogP contribution in [0.25, 0.3) is 11.8 Å². The largest absolute Gasteiger partial charge is 0.459 e. The number of aryl methyl sites for hydroxylation is 1. The van der Waals surface area contributed by atoms with Crippen molar-refractivity contribution in [2.24, 2.45) is 0 Å². The summed E-state index contributed by atoms with van der Waals surface area (Å²) in [5.41, 5.74) is 3.43. The van der Waals surface area contributed by atoms with Crippen LogP contribution in [-0.2, 0) is 14.3 Å². The molecular formula is C25H26N4O5. The highest BCUT2D eigenvalue weighted by atomic mass is 16.5.